The molecular formula is C20H24ClN3O. The number of anilines is 1. The predicted molar refractivity (Wildman–Crippen MR) is 103 cm³/mol. The Morgan fingerprint density at radius 3 is 2.64 bits per heavy atom. The smallest absolute Gasteiger partial charge is 0.319 e. The molecule has 2 aromatic carbocycles. The molecule has 1 heterocycles. The quantitative estimate of drug-likeness (QED) is 0.849. The summed E-state index contributed by atoms with van der Waals surface area (Å²) in [6.07, 6.45) is 1.92. The fourth-order valence-corrected chi connectivity index (χ4v) is 3.39. The number of aryl methyl sites for hydroxylation is 1. The molecule has 0 aliphatic carbocycles. The number of nitrogens with zero attached hydrogens (tertiary/aromatic N) is 1. The first-order valence-electron chi connectivity index (χ1n) is 8.70. The van der Waals surface area contributed by atoms with Crippen LogP contribution in [0, 0.1) is 6.92 Å². The van der Waals surface area contributed by atoms with Crippen LogP contribution in [0.1, 0.15) is 24.0 Å². The number of piperidine rings is 1. The van der Waals surface area contributed by atoms with Gasteiger partial charge in [-0.1, -0.05) is 53.6 Å². The van der Waals surface area contributed by atoms with E-state index in [0.717, 1.165) is 32.5 Å². The van der Waals surface area contributed by atoms with Crippen LogP contribution in [0.3, 0.4) is 0 Å². The summed E-state index contributed by atoms with van der Waals surface area (Å²) in [5, 5.41) is 6.42. The van der Waals surface area contributed by atoms with Crippen LogP contribution in [0.25, 0.3) is 0 Å². The molecule has 0 atom stereocenters. The zero-order valence-electron chi connectivity index (χ0n) is 14.5. The SMILES string of the molecule is Cc1cccc(CN2CCC(NC(=O)Nc3ccccc3Cl)CC2)c1. The fourth-order valence-electron chi connectivity index (χ4n) is 3.21. The van der Waals surface area contributed by atoms with Crippen molar-refractivity contribution in [2.45, 2.75) is 32.4 Å². The molecule has 0 aromatic heterocycles. The second-order valence-electron chi connectivity index (χ2n) is 6.62. The van der Waals surface area contributed by atoms with E-state index < -0.39 is 0 Å². The van der Waals surface area contributed by atoms with E-state index >= 15 is 0 Å². The van der Waals surface area contributed by atoms with E-state index in [2.05, 4.69) is 46.7 Å². The lowest BCUT2D eigenvalue weighted by molar-refractivity contribution is 0.190. The van der Waals surface area contributed by atoms with Gasteiger partial charge in [0.05, 0.1) is 10.7 Å². The van der Waals surface area contributed by atoms with Gasteiger partial charge in [0.15, 0.2) is 0 Å². The molecule has 2 amide bonds. The second-order valence-corrected chi connectivity index (χ2v) is 7.02. The van der Waals surface area contributed by atoms with E-state index in [1.165, 1.54) is 11.1 Å². The third kappa shape index (κ3) is 5.21. The van der Waals surface area contributed by atoms with E-state index in [1.807, 2.05) is 12.1 Å². The Balaban J connectivity index is 1.44. The Kier molecular flexibility index (Phi) is 5.95. The highest BCUT2D eigenvalue weighted by molar-refractivity contribution is 6.33. The normalized spacial score (nSPS) is 15.8. The topological polar surface area (TPSA) is 44.4 Å². The second kappa shape index (κ2) is 8.37. The van der Waals surface area contributed by atoms with E-state index in [1.54, 1.807) is 12.1 Å². The molecule has 1 saturated heterocycles. The largest absolute Gasteiger partial charge is 0.335 e. The molecule has 0 bridgehead atoms. The predicted octanol–water partition coefficient (Wildman–Crippen LogP) is 4.43. The molecule has 2 aromatic rings. The van der Waals surface area contributed by atoms with Gasteiger partial charge in [-0.15, -0.1) is 0 Å². The lowest BCUT2D eigenvalue weighted by Crippen LogP contribution is -2.45. The number of amides is 2. The van der Waals surface area contributed by atoms with Crippen LogP contribution >= 0.6 is 11.6 Å². The van der Waals surface area contributed by atoms with Crippen LogP contribution in [0.15, 0.2) is 48.5 Å². The van der Waals surface area contributed by atoms with Crippen LogP contribution in [0.2, 0.25) is 5.02 Å². The summed E-state index contributed by atoms with van der Waals surface area (Å²) < 4.78 is 0. The van der Waals surface area contributed by atoms with Gasteiger partial charge in [0.25, 0.3) is 0 Å². The van der Waals surface area contributed by atoms with Gasteiger partial charge < -0.3 is 10.6 Å². The summed E-state index contributed by atoms with van der Waals surface area (Å²) in [5.74, 6) is 0. The highest BCUT2D eigenvalue weighted by atomic mass is 35.5. The van der Waals surface area contributed by atoms with Gasteiger partial charge in [-0.2, -0.15) is 0 Å². The number of para-hydroxylation sites is 1. The maximum absolute atomic E-state index is 12.1. The minimum atomic E-state index is -0.190. The summed E-state index contributed by atoms with van der Waals surface area (Å²) >= 11 is 6.07. The van der Waals surface area contributed by atoms with Gasteiger partial charge in [-0.05, 0) is 37.5 Å². The molecule has 132 valence electrons. The zero-order chi connectivity index (χ0) is 17.6. The van der Waals surface area contributed by atoms with Crippen LogP contribution in [-0.4, -0.2) is 30.1 Å². The molecule has 25 heavy (non-hydrogen) atoms. The molecule has 1 aliphatic rings. The van der Waals surface area contributed by atoms with Crippen molar-refractivity contribution in [1.82, 2.24) is 10.2 Å². The van der Waals surface area contributed by atoms with Gasteiger partial charge in [-0.25, -0.2) is 4.79 Å². The highest BCUT2D eigenvalue weighted by Gasteiger charge is 2.21. The average Bonchev–Trinajstić information content (AvgIpc) is 2.59. The number of urea groups is 1. The first-order chi connectivity index (χ1) is 12.1. The van der Waals surface area contributed by atoms with Gasteiger partial charge in [0, 0.05) is 25.7 Å². The Hall–Kier alpha value is -2.04. The van der Waals surface area contributed by atoms with Gasteiger partial charge in [-0.3, -0.25) is 4.90 Å². The van der Waals surface area contributed by atoms with Gasteiger partial charge in [0.2, 0.25) is 0 Å². The number of carbonyl (C=O) groups excluding carboxylic acids is 1. The number of hydrogen-bond acceptors (Lipinski definition) is 2. The molecule has 2 N–H and O–H groups in total. The summed E-state index contributed by atoms with van der Waals surface area (Å²) in [6.45, 7) is 5.08. The average molecular weight is 358 g/mol. The maximum Gasteiger partial charge on any atom is 0.319 e. The number of halogens is 1. The number of rotatable bonds is 4. The van der Waals surface area contributed by atoms with E-state index in [4.69, 9.17) is 11.6 Å². The summed E-state index contributed by atoms with van der Waals surface area (Å²) in [4.78, 5) is 14.6. The highest BCUT2D eigenvalue weighted by Crippen LogP contribution is 2.20. The van der Waals surface area contributed by atoms with Crippen molar-refractivity contribution in [3.8, 4) is 0 Å². The van der Waals surface area contributed by atoms with Crippen molar-refractivity contribution in [3.63, 3.8) is 0 Å². The summed E-state index contributed by atoms with van der Waals surface area (Å²) in [6, 6.07) is 15.9. The maximum atomic E-state index is 12.1. The first kappa shape index (κ1) is 17.8. The first-order valence-corrected chi connectivity index (χ1v) is 9.08. The van der Waals surface area contributed by atoms with Crippen molar-refractivity contribution in [3.05, 3.63) is 64.7 Å². The molecule has 5 heteroatoms. The van der Waals surface area contributed by atoms with E-state index in [0.29, 0.717) is 10.7 Å². The Bertz CT molecular complexity index is 726. The zero-order valence-corrected chi connectivity index (χ0v) is 15.2. The number of benzene rings is 2. The third-order valence-electron chi connectivity index (χ3n) is 4.53. The van der Waals surface area contributed by atoms with Crippen molar-refractivity contribution >= 4 is 23.3 Å². The number of hydrogen-bond donors (Lipinski definition) is 2. The molecule has 0 spiro atoms. The minimum Gasteiger partial charge on any atom is -0.335 e. The Morgan fingerprint density at radius 2 is 1.92 bits per heavy atom. The van der Waals surface area contributed by atoms with Crippen LogP contribution in [-0.2, 0) is 6.54 Å². The molecule has 3 rings (SSSR count). The number of likely N-dealkylation sites (tertiary alicyclic amines) is 1. The third-order valence-corrected chi connectivity index (χ3v) is 4.86. The van der Waals surface area contributed by atoms with Gasteiger partial charge >= 0.3 is 6.03 Å². The number of nitrogens with one attached hydrogen (secondary N) is 2. The fraction of sp³-hybridized carbons (Fsp3) is 0.350. The van der Waals surface area contributed by atoms with Crippen LogP contribution in [0.5, 0.6) is 0 Å². The lowest BCUT2D eigenvalue weighted by Gasteiger charge is -2.32. The molecule has 1 fully saturated rings. The molecule has 0 unspecified atom stereocenters. The van der Waals surface area contributed by atoms with Crippen LogP contribution in [0.4, 0.5) is 10.5 Å². The molecule has 4 nitrogen and oxygen atoms in total. The van der Waals surface area contributed by atoms with E-state index in [-0.39, 0.29) is 12.1 Å². The molecule has 0 radical (unpaired) electrons. The Labute approximate surface area is 154 Å². The minimum absolute atomic E-state index is 0.190. The van der Waals surface area contributed by atoms with Crippen molar-refractivity contribution in [1.29, 1.82) is 0 Å². The van der Waals surface area contributed by atoms with Gasteiger partial charge in [0.1, 0.15) is 0 Å². The summed E-state index contributed by atoms with van der Waals surface area (Å²) in [5.41, 5.74) is 3.28. The number of carbonyl (C=O) groups is 1. The standard InChI is InChI=1S/C20H24ClN3O/c1-15-5-4-6-16(13-15)14-24-11-9-17(10-12-24)22-20(25)23-19-8-3-2-7-18(19)21/h2-8,13,17H,9-12,14H2,1H3,(H2,22,23,25). The summed E-state index contributed by atoms with van der Waals surface area (Å²) in [7, 11) is 0. The lowest BCUT2D eigenvalue weighted by atomic mass is 10.0. The molecule has 0 saturated carbocycles. The van der Waals surface area contributed by atoms with E-state index in [9.17, 15) is 4.79 Å². The van der Waals surface area contributed by atoms with Crippen molar-refractivity contribution in [2.75, 3.05) is 18.4 Å². The Morgan fingerprint density at radius 1 is 1.16 bits per heavy atom. The van der Waals surface area contributed by atoms with Crippen molar-refractivity contribution in [2.24, 2.45) is 0 Å². The van der Waals surface area contributed by atoms with Crippen molar-refractivity contribution < 1.29 is 4.79 Å². The monoisotopic (exact) mass is 357 g/mol. The molecule has 1 aliphatic heterocycles. The molecular weight excluding hydrogens is 334 g/mol. The van der Waals surface area contributed by atoms with Crippen LogP contribution < -0.4 is 10.6 Å².